The Hall–Kier alpha value is -0.378. The van der Waals surface area contributed by atoms with E-state index in [1.165, 1.54) is 38.5 Å². The molecule has 0 bridgehead atoms. The van der Waals surface area contributed by atoms with E-state index < -0.39 is 0 Å². The van der Waals surface area contributed by atoms with Crippen molar-refractivity contribution in [3.8, 4) is 11.1 Å². The van der Waals surface area contributed by atoms with Crippen molar-refractivity contribution in [3.05, 3.63) is 54.6 Å². The Morgan fingerprint density at radius 3 is 1.72 bits per heavy atom. The normalized spacial score (nSPS) is 17.5. The zero-order valence-electron chi connectivity index (χ0n) is 20.1. The topological polar surface area (TPSA) is 26.0 Å². The molecule has 1 nitrogen and oxygen atoms in total. The van der Waals surface area contributed by atoms with Gasteiger partial charge < -0.3 is 18.1 Å². The molecule has 2 aromatic rings. The summed E-state index contributed by atoms with van der Waals surface area (Å²) in [6.45, 7) is 7.59. The van der Waals surface area contributed by atoms with Gasteiger partial charge >= 0.3 is 20.4 Å². The van der Waals surface area contributed by atoms with Crippen molar-refractivity contribution in [2.24, 2.45) is 0 Å². The van der Waals surface area contributed by atoms with Gasteiger partial charge in [0.1, 0.15) is 0 Å². The van der Waals surface area contributed by atoms with E-state index in [4.69, 9.17) is 5.73 Å². The van der Waals surface area contributed by atoms with Crippen LogP contribution in [0.5, 0.6) is 0 Å². The molecule has 0 radical (unpaired) electrons. The number of nitrogen functional groups attached to an aromatic ring is 1. The van der Waals surface area contributed by atoms with E-state index >= 15 is 0 Å². The minimum atomic E-state index is 0. The number of anilines is 1. The fraction of sp³-hybridized carbons (Fsp3) is 0.571. The van der Waals surface area contributed by atoms with Crippen LogP contribution < -0.4 is 18.1 Å². The van der Waals surface area contributed by atoms with Crippen molar-refractivity contribution >= 4 is 13.6 Å². The Morgan fingerprint density at radius 2 is 1.28 bits per heavy atom. The van der Waals surface area contributed by atoms with Crippen LogP contribution in [0, 0.1) is 6.07 Å². The molecule has 2 saturated carbocycles. The van der Waals surface area contributed by atoms with Crippen LogP contribution in [0.15, 0.2) is 48.5 Å². The molecule has 0 unspecified atom stereocenters. The summed E-state index contributed by atoms with van der Waals surface area (Å²) in [5.41, 5.74) is 10.9. The SMILES string of the molecule is CC(C)(C)P(C1CCCCC1)C1CCCCC1.Nc1ccccc1-c1[c-]cccc1.[Cl-].[Pd+2]. The van der Waals surface area contributed by atoms with Gasteiger partial charge in [-0.15, -0.1) is 35.9 Å². The smallest absolute Gasteiger partial charge is 1.00 e. The molecule has 0 aromatic heterocycles. The Bertz CT molecular complexity index is 732. The summed E-state index contributed by atoms with van der Waals surface area (Å²) in [5.74, 6) is 0. The molecule has 180 valence electrons. The molecule has 2 N–H and O–H groups in total. The van der Waals surface area contributed by atoms with Gasteiger partial charge in [-0.05, 0) is 53.9 Å². The molecule has 0 spiro atoms. The predicted octanol–water partition coefficient (Wildman–Crippen LogP) is 5.67. The molecule has 0 atom stereocenters. The van der Waals surface area contributed by atoms with Crippen molar-refractivity contribution < 1.29 is 32.8 Å². The molecule has 0 amide bonds. The van der Waals surface area contributed by atoms with Gasteiger partial charge in [-0.1, -0.05) is 91.0 Å². The minimum absolute atomic E-state index is 0. The molecule has 32 heavy (non-hydrogen) atoms. The molecule has 4 rings (SSSR count). The average molecular weight is 564 g/mol. The number of rotatable bonds is 3. The van der Waals surface area contributed by atoms with Crippen LogP contribution in [-0.2, 0) is 20.4 Å². The van der Waals surface area contributed by atoms with E-state index in [0.717, 1.165) is 28.1 Å². The van der Waals surface area contributed by atoms with E-state index in [9.17, 15) is 0 Å². The quantitative estimate of drug-likeness (QED) is 0.221. The maximum Gasteiger partial charge on any atom is 2.00 e. The largest absolute Gasteiger partial charge is 2.00 e. The molecule has 0 heterocycles. The van der Waals surface area contributed by atoms with Crippen LogP contribution >= 0.6 is 7.92 Å². The van der Waals surface area contributed by atoms with E-state index in [1.807, 2.05) is 48.5 Å². The molecule has 0 saturated heterocycles. The van der Waals surface area contributed by atoms with E-state index in [-0.39, 0.29) is 40.8 Å². The zero-order chi connectivity index (χ0) is 21.4. The molecule has 0 aliphatic heterocycles. The van der Waals surface area contributed by atoms with Crippen molar-refractivity contribution in [3.63, 3.8) is 0 Å². The Morgan fingerprint density at radius 1 is 0.781 bits per heavy atom. The first-order valence-corrected chi connectivity index (χ1v) is 13.5. The van der Waals surface area contributed by atoms with Gasteiger partial charge in [0.15, 0.2) is 0 Å². The second kappa shape index (κ2) is 14.8. The fourth-order valence-corrected chi connectivity index (χ4v) is 10.0. The summed E-state index contributed by atoms with van der Waals surface area (Å²) in [7, 11) is 0.262. The second-order valence-electron chi connectivity index (χ2n) is 10.0. The van der Waals surface area contributed by atoms with Gasteiger partial charge in [-0.25, -0.2) is 0 Å². The van der Waals surface area contributed by atoms with Crippen molar-refractivity contribution in [2.75, 3.05) is 5.73 Å². The standard InChI is InChI=1S/C16H31P.C12H10N.ClH.Pd/c1-16(2,3)17(14-10-6-4-7-11-14)15-12-8-5-9-13-15;13-12-9-5-4-8-11(12)10-6-2-1-3-7-10;;/h14-15H,4-13H2,1-3H3;1-6,8-9H,13H2;1H;/q;-1;;+2/p-1. The first-order chi connectivity index (χ1) is 14.5. The number of benzene rings is 2. The third-order valence-corrected chi connectivity index (χ3v) is 10.8. The van der Waals surface area contributed by atoms with E-state index in [0.29, 0.717) is 5.16 Å². The van der Waals surface area contributed by atoms with Crippen LogP contribution in [-0.4, -0.2) is 16.5 Å². The van der Waals surface area contributed by atoms with Crippen molar-refractivity contribution in [1.29, 1.82) is 0 Å². The van der Waals surface area contributed by atoms with Crippen LogP contribution in [0.4, 0.5) is 5.69 Å². The van der Waals surface area contributed by atoms with Gasteiger partial charge in [-0.2, -0.15) is 0 Å². The van der Waals surface area contributed by atoms with Crippen LogP contribution in [0.25, 0.3) is 11.1 Å². The van der Waals surface area contributed by atoms with Gasteiger partial charge in [0.2, 0.25) is 0 Å². The Balaban J connectivity index is 0.000000310. The summed E-state index contributed by atoms with van der Waals surface area (Å²) in [6, 6.07) is 18.8. The fourth-order valence-electron chi connectivity index (χ4n) is 5.42. The maximum absolute atomic E-state index is 5.83. The van der Waals surface area contributed by atoms with Crippen molar-refractivity contribution in [2.45, 2.75) is 101 Å². The zero-order valence-corrected chi connectivity index (χ0v) is 23.3. The van der Waals surface area contributed by atoms with Crippen LogP contribution in [0.2, 0.25) is 0 Å². The summed E-state index contributed by atoms with van der Waals surface area (Å²) in [4.78, 5) is 0. The minimum Gasteiger partial charge on any atom is -1.00 e. The number of para-hydroxylation sites is 1. The maximum atomic E-state index is 5.83. The molecule has 2 fully saturated rings. The molecular formula is C28H41ClNPPd. The third kappa shape index (κ3) is 8.76. The van der Waals surface area contributed by atoms with Gasteiger partial charge in [0, 0.05) is 0 Å². The average Bonchev–Trinajstić information content (AvgIpc) is 2.76. The number of nitrogens with two attached hydrogens (primary N) is 1. The Kier molecular flexibility index (Phi) is 13.7. The number of halogens is 1. The molecule has 4 heteroatoms. The van der Waals surface area contributed by atoms with Gasteiger partial charge in [-0.3, -0.25) is 0 Å². The monoisotopic (exact) mass is 563 g/mol. The predicted molar refractivity (Wildman–Crippen MR) is 136 cm³/mol. The van der Waals surface area contributed by atoms with Gasteiger partial charge in [0.05, 0.1) is 0 Å². The van der Waals surface area contributed by atoms with E-state index in [1.54, 1.807) is 25.7 Å². The first-order valence-electron chi connectivity index (χ1n) is 12.1. The second-order valence-corrected chi connectivity index (χ2v) is 13.6. The molecule has 2 aliphatic carbocycles. The van der Waals surface area contributed by atoms with Crippen LogP contribution in [0.1, 0.15) is 85.0 Å². The molecule has 2 aliphatic rings. The van der Waals surface area contributed by atoms with Crippen LogP contribution in [0.3, 0.4) is 0 Å². The van der Waals surface area contributed by atoms with E-state index in [2.05, 4.69) is 26.8 Å². The summed E-state index contributed by atoms with van der Waals surface area (Å²) >= 11 is 0. The third-order valence-electron chi connectivity index (χ3n) is 6.67. The molecule has 2 aromatic carbocycles. The summed E-state index contributed by atoms with van der Waals surface area (Å²) in [6.07, 6.45) is 15.3. The number of hydrogen-bond acceptors (Lipinski definition) is 1. The summed E-state index contributed by atoms with van der Waals surface area (Å²) in [5, 5.41) is 0.597. The number of hydrogen-bond donors (Lipinski definition) is 1. The van der Waals surface area contributed by atoms with Gasteiger partial charge in [0.25, 0.3) is 0 Å². The first kappa shape index (κ1) is 29.7. The molecular weight excluding hydrogens is 523 g/mol. The summed E-state index contributed by atoms with van der Waals surface area (Å²) < 4.78 is 0. The Labute approximate surface area is 218 Å². The van der Waals surface area contributed by atoms with Crippen molar-refractivity contribution in [1.82, 2.24) is 0 Å².